The summed E-state index contributed by atoms with van der Waals surface area (Å²) in [5, 5.41) is 3.41. The fourth-order valence-corrected chi connectivity index (χ4v) is 3.52. The molecule has 0 saturated heterocycles. The molecule has 0 fully saturated rings. The van der Waals surface area contributed by atoms with Gasteiger partial charge in [-0.3, -0.25) is 9.36 Å². The van der Waals surface area contributed by atoms with Crippen LogP contribution in [0.3, 0.4) is 0 Å². The Bertz CT molecular complexity index is 997. The summed E-state index contributed by atoms with van der Waals surface area (Å²) in [5.41, 5.74) is 2.11. The lowest BCUT2D eigenvalue weighted by molar-refractivity contribution is 0.0600. The fourth-order valence-electron chi connectivity index (χ4n) is 3.52. The zero-order valence-corrected chi connectivity index (χ0v) is 14.3. The van der Waals surface area contributed by atoms with Crippen LogP contribution in [0.2, 0.25) is 0 Å². The molecule has 26 heavy (non-hydrogen) atoms. The third-order valence-corrected chi connectivity index (χ3v) is 4.69. The van der Waals surface area contributed by atoms with Crippen molar-refractivity contribution >= 4 is 11.8 Å². The number of ether oxygens (including phenoxy) is 1. The minimum Gasteiger partial charge on any atom is -0.465 e. The fraction of sp³-hybridized carbons (Fsp3) is 0.143. The Morgan fingerprint density at radius 1 is 0.962 bits per heavy atom. The molecule has 2 heterocycles. The smallest absolute Gasteiger partial charge is 0.338 e. The average molecular weight is 346 g/mol. The van der Waals surface area contributed by atoms with E-state index in [1.807, 2.05) is 60.7 Å². The first-order valence-corrected chi connectivity index (χ1v) is 8.40. The van der Waals surface area contributed by atoms with Gasteiger partial charge in [0.2, 0.25) is 0 Å². The lowest BCUT2D eigenvalue weighted by atomic mass is 9.94. The van der Waals surface area contributed by atoms with Crippen LogP contribution in [0.25, 0.3) is 0 Å². The van der Waals surface area contributed by atoms with Gasteiger partial charge in [0.1, 0.15) is 5.82 Å². The van der Waals surface area contributed by atoms with Crippen LogP contribution in [0, 0.1) is 0 Å². The molecule has 0 radical (unpaired) electrons. The van der Waals surface area contributed by atoms with Gasteiger partial charge >= 0.3 is 5.97 Å². The molecule has 2 aromatic carbocycles. The molecular weight excluding hydrogens is 328 g/mol. The first-order chi connectivity index (χ1) is 12.7. The van der Waals surface area contributed by atoms with Gasteiger partial charge < -0.3 is 10.1 Å². The maximum Gasteiger partial charge on any atom is 0.338 e. The molecule has 3 aromatic rings. The lowest BCUT2D eigenvalue weighted by Crippen LogP contribution is -2.25. The summed E-state index contributed by atoms with van der Waals surface area (Å²) in [5.74, 6) is 0.0901. The summed E-state index contributed by atoms with van der Waals surface area (Å²) < 4.78 is 6.47. The van der Waals surface area contributed by atoms with Crippen LogP contribution in [0.1, 0.15) is 33.6 Å². The number of nitrogens with one attached hydrogen (secondary N) is 1. The maximum absolute atomic E-state index is 12.8. The third-order valence-electron chi connectivity index (χ3n) is 4.69. The molecular formula is C21H18N2O3. The van der Waals surface area contributed by atoms with Gasteiger partial charge in [-0.1, -0.05) is 60.7 Å². The first kappa shape index (κ1) is 16.1. The van der Waals surface area contributed by atoms with Gasteiger partial charge in [-0.15, -0.1) is 0 Å². The lowest BCUT2D eigenvalue weighted by Gasteiger charge is -2.21. The Hall–Kier alpha value is -3.34. The molecule has 130 valence electrons. The van der Waals surface area contributed by atoms with E-state index in [-0.39, 0.29) is 23.2 Å². The van der Waals surface area contributed by atoms with Crippen LogP contribution in [0.15, 0.2) is 77.6 Å². The molecule has 0 spiro atoms. The van der Waals surface area contributed by atoms with Gasteiger partial charge in [-0.05, 0) is 17.2 Å². The first-order valence-electron chi connectivity index (χ1n) is 8.40. The average Bonchev–Trinajstić information content (AvgIpc) is 3.09. The highest BCUT2D eigenvalue weighted by atomic mass is 16.5. The minimum atomic E-state index is -0.522. The van der Waals surface area contributed by atoms with Crippen LogP contribution in [0.5, 0.6) is 0 Å². The number of carbonyl (C=O) groups is 1. The third kappa shape index (κ3) is 2.67. The van der Waals surface area contributed by atoms with Crippen molar-refractivity contribution in [1.29, 1.82) is 0 Å². The Morgan fingerprint density at radius 3 is 2.19 bits per heavy atom. The number of hydrogen-bond acceptors (Lipinski definition) is 4. The second-order valence-electron chi connectivity index (χ2n) is 6.22. The van der Waals surface area contributed by atoms with E-state index in [1.165, 1.54) is 13.2 Å². The molecule has 0 bridgehead atoms. The standard InChI is InChI=1S/C21H18N2O3/c1-26-21(25)16-12-17-22-19(14-8-4-2-5-9-14)20(23(17)18(24)13-16)15-10-6-3-7-11-15/h2-13,19-20,22H,1H3. The van der Waals surface area contributed by atoms with Crippen LogP contribution < -0.4 is 10.9 Å². The Kier molecular flexibility index (Phi) is 4.05. The summed E-state index contributed by atoms with van der Waals surface area (Å²) in [6.07, 6.45) is 0. The van der Waals surface area contributed by atoms with Gasteiger partial charge in [0.25, 0.3) is 5.56 Å². The zero-order chi connectivity index (χ0) is 18.1. The number of carbonyl (C=O) groups excluding carboxylic acids is 1. The quantitative estimate of drug-likeness (QED) is 0.739. The van der Waals surface area contributed by atoms with E-state index in [1.54, 1.807) is 10.6 Å². The van der Waals surface area contributed by atoms with Gasteiger partial charge in [0, 0.05) is 6.07 Å². The van der Waals surface area contributed by atoms with E-state index in [0.29, 0.717) is 5.82 Å². The van der Waals surface area contributed by atoms with Crippen molar-refractivity contribution in [3.63, 3.8) is 0 Å². The molecule has 1 aromatic heterocycles. The van der Waals surface area contributed by atoms with Gasteiger partial charge in [-0.2, -0.15) is 0 Å². The summed E-state index contributed by atoms with van der Waals surface area (Å²) in [4.78, 5) is 24.7. The van der Waals surface area contributed by atoms with Crippen LogP contribution in [-0.4, -0.2) is 17.6 Å². The Balaban J connectivity index is 1.89. The number of nitrogens with zero attached hydrogens (tertiary/aromatic N) is 1. The van der Waals surface area contributed by atoms with Crippen molar-refractivity contribution in [2.45, 2.75) is 12.1 Å². The molecule has 0 aliphatic carbocycles. The molecule has 1 aliphatic heterocycles. The number of pyridine rings is 1. The highest BCUT2D eigenvalue weighted by Gasteiger charge is 2.35. The summed E-state index contributed by atoms with van der Waals surface area (Å²) >= 11 is 0. The molecule has 0 saturated carbocycles. The Morgan fingerprint density at radius 2 is 1.58 bits per heavy atom. The second-order valence-corrected chi connectivity index (χ2v) is 6.22. The molecule has 2 atom stereocenters. The number of fused-ring (bicyclic) bond motifs is 1. The van der Waals surface area contributed by atoms with Crippen molar-refractivity contribution in [3.8, 4) is 0 Å². The van der Waals surface area contributed by atoms with E-state index in [2.05, 4.69) is 5.32 Å². The van der Waals surface area contributed by atoms with Crippen molar-refractivity contribution in [3.05, 3.63) is 99.8 Å². The zero-order valence-electron chi connectivity index (χ0n) is 14.3. The highest BCUT2D eigenvalue weighted by Crippen LogP contribution is 2.41. The number of hydrogen-bond donors (Lipinski definition) is 1. The predicted octanol–water partition coefficient (Wildman–Crippen LogP) is 3.39. The number of esters is 1. The van der Waals surface area contributed by atoms with Crippen molar-refractivity contribution < 1.29 is 9.53 Å². The van der Waals surface area contributed by atoms with Crippen LogP contribution in [-0.2, 0) is 4.74 Å². The molecule has 1 aliphatic rings. The summed E-state index contributed by atoms with van der Waals surface area (Å²) in [7, 11) is 1.31. The normalized spacial score (nSPS) is 18.0. The van der Waals surface area contributed by atoms with E-state index >= 15 is 0 Å². The monoisotopic (exact) mass is 346 g/mol. The minimum absolute atomic E-state index is 0.112. The van der Waals surface area contributed by atoms with Crippen molar-refractivity contribution in [1.82, 2.24) is 4.57 Å². The van der Waals surface area contributed by atoms with Crippen LogP contribution >= 0.6 is 0 Å². The Labute approximate surface area is 150 Å². The second kappa shape index (κ2) is 6.52. The van der Waals surface area contributed by atoms with Crippen molar-refractivity contribution in [2.24, 2.45) is 0 Å². The van der Waals surface area contributed by atoms with E-state index < -0.39 is 5.97 Å². The number of aromatic nitrogens is 1. The van der Waals surface area contributed by atoms with Gasteiger partial charge in [0.15, 0.2) is 0 Å². The molecule has 5 heteroatoms. The molecule has 2 unspecified atom stereocenters. The van der Waals surface area contributed by atoms with Crippen molar-refractivity contribution in [2.75, 3.05) is 12.4 Å². The summed E-state index contributed by atoms with van der Waals surface area (Å²) in [6.45, 7) is 0. The van der Waals surface area contributed by atoms with Gasteiger partial charge in [-0.25, -0.2) is 4.79 Å². The largest absolute Gasteiger partial charge is 0.465 e. The highest BCUT2D eigenvalue weighted by molar-refractivity contribution is 5.90. The number of benzene rings is 2. The van der Waals surface area contributed by atoms with E-state index in [0.717, 1.165) is 11.1 Å². The SMILES string of the molecule is COC(=O)c1cc2n(c(=O)c1)C(c1ccccc1)C(c1ccccc1)N2. The van der Waals surface area contributed by atoms with E-state index in [9.17, 15) is 9.59 Å². The molecule has 0 amide bonds. The van der Waals surface area contributed by atoms with Gasteiger partial charge in [0.05, 0.1) is 24.8 Å². The number of methoxy groups -OCH3 is 1. The van der Waals surface area contributed by atoms with Crippen LogP contribution in [0.4, 0.5) is 5.82 Å². The maximum atomic E-state index is 12.8. The summed E-state index contributed by atoms with van der Waals surface area (Å²) in [6, 6.07) is 22.6. The number of rotatable bonds is 3. The van der Waals surface area contributed by atoms with E-state index in [4.69, 9.17) is 4.74 Å². The topological polar surface area (TPSA) is 60.3 Å². The molecule has 1 N–H and O–H groups in total. The predicted molar refractivity (Wildman–Crippen MR) is 99.4 cm³/mol. The number of anilines is 1. The molecule has 4 rings (SSSR count). The molecule has 5 nitrogen and oxygen atoms in total.